The zero-order valence-corrected chi connectivity index (χ0v) is 17.6. The van der Waals surface area contributed by atoms with Crippen LogP contribution in [0.15, 0.2) is 64.0 Å². The Kier molecular flexibility index (Phi) is 5.49. The standard InChI is InChI=1S/C25H23FN2O4/c26-22-10-17(25(30)28-8-3-9-28)6-7-20(22)15-32-24-16-31-21(11-23(24)29)14-27-12-18-4-1-2-5-19(18)13-27/h1-2,4-7,10-11,16H,3,8-9,12-15H2. The molecule has 0 aliphatic carbocycles. The molecule has 6 nitrogen and oxygen atoms in total. The van der Waals surface area contributed by atoms with E-state index in [1.165, 1.54) is 35.6 Å². The summed E-state index contributed by atoms with van der Waals surface area (Å²) in [6.45, 7) is 3.44. The van der Waals surface area contributed by atoms with Gasteiger partial charge in [0.2, 0.25) is 11.2 Å². The summed E-state index contributed by atoms with van der Waals surface area (Å²) in [5.74, 6) is -0.125. The first-order valence-corrected chi connectivity index (χ1v) is 10.7. The van der Waals surface area contributed by atoms with Crippen LogP contribution in [-0.2, 0) is 26.2 Å². The summed E-state index contributed by atoms with van der Waals surface area (Å²) in [4.78, 5) is 28.5. The van der Waals surface area contributed by atoms with Crippen molar-refractivity contribution in [2.45, 2.75) is 32.7 Å². The molecule has 0 N–H and O–H groups in total. The molecule has 2 aliphatic rings. The largest absolute Gasteiger partial charge is 0.482 e. The second-order valence-corrected chi connectivity index (χ2v) is 8.23. The van der Waals surface area contributed by atoms with E-state index >= 15 is 0 Å². The van der Waals surface area contributed by atoms with Crippen molar-refractivity contribution in [2.24, 2.45) is 0 Å². The molecule has 3 aromatic rings. The van der Waals surface area contributed by atoms with Crippen LogP contribution in [0.5, 0.6) is 5.75 Å². The van der Waals surface area contributed by atoms with Gasteiger partial charge in [-0.2, -0.15) is 0 Å². The molecule has 1 saturated heterocycles. The van der Waals surface area contributed by atoms with E-state index in [9.17, 15) is 14.0 Å². The summed E-state index contributed by atoms with van der Waals surface area (Å²) >= 11 is 0. The molecular weight excluding hydrogens is 411 g/mol. The fourth-order valence-corrected chi connectivity index (χ4v) is 4.02. The number of hydrogen-bond acceptors (Lipinski definition) is 5. The first-order chi connectivity index (χ1) is 15.6. The van der Waals surface area contributed by atoms with E-state index in [1.54, 1.807) is 11.0 Å². The molecule has 0 spiro atoms. The Morgan fingerprint density at radius 3 is 2.44 bits per heavy atom. The monoisotopic (exact) mass is 434 g/mol. The number of likely N-dealkylation sites (tertiary alicyclic amines) is 1. The second-order valence-electron chi connectivity index (χ2n) is 8.23. The van der Waals surface area contributed by atoms with Gasteiger partial charge >= 0.3 is 0 Å². The highest BCUT2D eigenvalue weighted by atomic mass is 19.1. The molecule has 1 aromatic heterocycles. The summed E-state index contributed by atoms with van der Waals surface area (Å²) in [7, 11) is 0. The number of carbonyl (C=O) groups excluding carboxylic acids is 1. The van der Waals surface area contributed by atoms with Gasteiger partial charge < -0.3 is 14.1 Å². The highest BCUT2D eigenvalue weighted by molar-refractivity contribution is 5.94. The highest BCUT2D eigenvalue weighted by Gasteiger charge is 2.22. The molecular formula is C25H23FN2O4. The van der Waals surface area contributed by atoms with E-state index in [0.29, 0.717) is 31.0 Å². The van der Waals surface area contributed by atoms with Crippen molar-refractivity contribution < 1.29 is 18.3 Å². The first kappa shape index (κ1) is 20.5. The van der Waals surface area contributed by atoms with Gasteiger partial charge in [-0.15, -0.1) is 0 Å². The maximum absolute atomic E-state index is 14.4. The lowest BCUT2D eigenvalue weighted by Crippen LogP contribution is -2.42. The molecule has 5 rings (SSSR count). The predicted octanol–water partition coefficient (Wildman–Crippen LogP) is 3.72. The van der Waals surface area contributed by atoms with Crippen LogP contribution < -0.4 is 10.2 Å². The van der Waals surface area contributed by atoms with E-state index in [0.717, 1.165) is 19.5 Å². The number of halogens is 1. The van der Waals surface area contributed by atoms with Crippen LogP contribution in [0.4, 0.5) is 4.39 Å². The molecule has 164 valence electrons. The van der Waals surface area contributed by atoms with E-state index in [4.69, 9.17) is 9.15 Å². The van der Waals surface area contributed by atoms with Crippen molar-refractivity contribution in [1.29, 1.82) is 0 Å². The van der Waals surface area contributed by atoms with Gasteiger partial charge in [0.1, 0.15) is 24.4 Å². The van der Waals surface area contributed by atoms with Crippen LogP contribution in [-0.4, -0.2) is 28.8 Å². The Bertz CT molecular complexity index is 1190. The molecule has 1 amide bonds. The van der Waals surface area contributed by atoms with Crippen LogP contribution in [0.2, 0.25) is 0 Å². The fraction of sp³-hybridized carbons (Fsp3) is 0.280. The smallest absolute Gasteiger partial charge is 0.253 e. The van der Waals surface area contributed by atoms with Crippen molar-refractivity contribution in [2.75, 3.05) is 13.1 Å². The number of amides is 1. The lowest BCUT2D eigenvalue weighted by molar-refractivity contribution is 0.0651. The van der Waals surface area contributed by atoms with Gasteiger partial charge in [0, 0.05) is 43.4 Å². The van der Waals surface area contributed by atoms with Gasteiger partial charge in [-0.3, -0.25) is 14.5 Å². The Morgan fingerprint density at radius 1 is 1.06 bits per heavy atom. The van der Waals surface area contributed by atoms with Crippen molar-refractivity contribution in [1.82, 2.24) is 9.80 Å². The van der Waals surface area contributed by atoms with Crippen LogP contribution in [0.25, 0.3) is 0 Å². The number of fused-ring (bicyclic) bond motifs is 1. The topological polar surface area (TPSA) is 63.0 Å². The average molecular weight is 434 g/mol. The number of rotatable bonds is 6. The number of nitrogens with zero attached hydrogens (tertiary/aromatic N) is 2. The molecule has 2 aromatic carbocycles. The van der Waals surface area contributed by atoms with Crippen molar-refractivity contribution in [3.63, 3.8) is 0 Å². The molecule has 0 atom stereocenters. The Morgan fingerprint density at radius 2 is 1.81 bits per heavy atom. The molecule has 0 radical (unpaired) electrons. The molecule has 0 unspecified atom stereocenters. The fourth-order valence-electron chi connectivity index (χ4n) is 4.02. The molecule has 0 saturated carbocycles. The molecule has 2 aliphatic heterocycles. The van der Waals surface area contributed by atoms with Gasteiger partial charge in [-0.25, -0.2) is 4.39 Å². The lowest BCUT2D eigenvalue weighted by atomic mass is 10.1. The van der Waals surface area contributed by atoms with Crippen LogP contribution in [0.3, 0.4) is 0 Å². The number of carbonyl (C=O) groups is 1. The third-order valence-electron chi connectivity index (χ3n) is 5.96. The third-order valence-corrected chi connectivity index (χ3v) is 5.96. The number of ether oxygens (including phenoxy) is 1. The SMILES string of the molecule is O=C(c1ccc(COc2coc(CN3Cc4ccccc4C3)cc2=O)c(F)c1)N1CCC1. The number of hydrogen-bond donors (Lipinski definition) is 0. The Hall–Kier alpha value is -3.45. The van der Waals surface area contributed by atoms with Gasteiger partial charge in [0.15, 0.2) is 0 Å². The zero-order chi connectivity index (χ0) is 22.1. The van der Waals surface area contributed by atoms with Crippen molar-refractivity contribution in [3.8, 4) is 5.75 Å². The first-order valence-electron chi connectivity index (χ1n) is 10.7. The predicted molar refractivity (Wildman–Crippen MR) is 116 cm³/mol. The molecule has 3 heterocycles. The molecule has 32 heavy (non-hydrogen) atoms. The Labute approximate surface area is 184 Å². The lowest BCUT2D eigenvalue weighted by Gasteiger charge is -2.30. The molecule has 0 bridgehead atoms. The quantitative estimate of drug-likeness (QED) is 0.592. The van der Waals surface area contributed by atoms with Crippen LogP contribution >= 0.6 is 0 Å². The summed E-state index contributed by atoms with van der Waals surface area (Å²) in [5.41, 5.74) is 2.85. The summed E-state index contributed by atoms with van der Waals surface area (Å²) in [5, 5.41) is 0. The average Bonchev–Trinajstić information content (AvgIpc) is 3.15. The normalized spacial score (nSPS) is 15.3. The third kappa shape index (κ3) is 4.16. The maximum Gasteiger partial charge on any atom is 0.253 e. The second kappa shape index (κ2) is 8.59. The minimum Gasteiger partial charge on any atom is -0.482 e. The minimum absolute atomic E-state index is 0.0265. The van der Waals surface area contributed by atoms with E-state index < -0.39 is 5.82 Å². The van der Waals surface area contributed by atoms with Gasteiger partial charge in [-0.05, 0) is 29.7 Å². The van der Waals surface area contributed by atoms with Gasteiger partial charge in [0.25, 0.3) is 5.91 Å². The molecule has 1 fully saturated rings. The van der Waals surface area contributed by atoms with Crippen molar-refractivity contribution >= 4 is 5.91 Å². The minimum atomic E-state index is -0.536. The van der Waals surface area contributed by atoms with Gasteiger partial charge in [0.05, 0.1) is 6.54 Å². The Balaban J connectivity index is 1.20. The summed E-state index contributed by atoms with van der Waals surface area (Å²) < 4.78 is 25.6. The summed E-state index contributed by atoms with van der Waals surface area (Å²) in [6.07, 6.45) is 2.26. The van der Waals surface area contributed by atoms with Crippen LogP contribution in [0, 0.1) is 5.82 Å². The maximum atomic E-state index is 14.4. The van der Waals surface area contributed by atoms with Crippen molar-refractivity contribution in [3.05, 3.63) is 98.8 Å². The van der Waals surface area contributed by atoms with E-state index in [2.05, 4.69) is 17.0 Å². The van der Waals surface area contributed by atoms with E-state index in [1.807, 2.05) is 12.1 Å². The highest BCUT2D eigenvalue weighted by Crippen LogP contribution is 2.24. The number of benzene rings is 2. The van der Waals surface area contributed by atoms with Crippen LogP contribution in [0.1, 0.15) is 39.2 Å². The zero-order valence-electron chi connectivity index (χ0n) is 17.6. The van der Waals surface area contributed by atoms with Gasteiger partial charge in [-0.1, -0.05) is 30.3 Å². The summed E-state index contributed by atoms with van der Waals surface area (Å²) in [6, 6.07) is 14.0. The van der Waals surface area contributed by atoms with E-state index in [-0.39, 0.29) is 29.3 Å². The molecule has 7 heteroatoms.